The van der Waals surface area contributed by atoms with Crippen LogP contribution in [0.5, 0.6) is 11.5 Å². The van der Waals surface area contributed by atoms with E-state index in [9.17, 15) is 0 Å². The summed E-state index contributed by atoms with van der Waals surface area (Å²) in [5.74, 6) is 2.05. The fraction of sp³-hybridized carbons (Fsp3) is 0.600. The SMILES string of the molecule is CCCCCCCCC1(CCCCCCCC)c2cc(C)ccc2-c2ccc(C)cc21.CCCCCCOc1c(C)ccc2c(OCCCCCC)c(C)ccc12. The van der Waals surface area contributed by atoms with Gasteiger partial charge in [-0.3, -0.25) is 0 Å². The molecule has 0 bridgehead atoms. The van der Waals surface area contributed by atoms with E-state index in [1.54, 1.807) is 11.1 Å². The molecule has 0 aromatic heterocycles. The molecule has 57 heavy (non-hydrogen) atoms. The van der Waals surface area contributed by atoms with Gasteiger partial charge in [0.15, 0.2) is 0 Å². The van der Waals surface area contributed by atoms with E-state index in [0.717, 1.165) is 37.6 Å². The highest BCUT2D eigenvalue weighted by Crippen LogP contribution is 2.54. The van der Waals surface area contributed by atoms with Crippen LogP contribution >= 0.6 is 0 Å². The number of fused-ring (bicyclic) bond motifs is 4. The van der Waals surface area contributed by atoms with Crippen molar-refractivity contribution in [3.8, 4) is 22.6 Å². The molecule has 0 aliphatic heterocycles. The summed E-state index contributed by atoms with van der Waals surface area (Å²) in [4.78, 5) is 0. The minimum absolute atomic E-state index is 0.234. The smallest absolute Gasteiger partial charge is 0.130 e. The molecule has 4 aromatic carbocycles. The first-order chi connectivity index (χ1) is 27.8. The van der Waals surface area contributed by atoms with Crippen LogP contribution in [-0.2, 0) is 5.41 Å². The van der Waals surface area contributed by atoms with Crippen LogP contribution in [0.15, 0.2) is 60.7 Å². The van der Waals surface area contributed by atoms with E-state index in [0.29, 0.717) is 0 Å². The molecule has 0 N–H and O–H groups in total. The summed E-state index contributed by atoms with van der Waals surface area (Å²) < 4.78 is 12.4. The highest BCUT2D eigenvalue weighted by atomic mass is 16.5. The van der Waals surface area contributed by atoms with Gasteiger partial charge in [-0.15, -0.1) is 0 Å². The zero-order valence-corrected chi connectivity index (χ0v) is 38.1. The number of benzene rings is 4. The van der Waals surface area contributed by atoms with Crippen molar-refractivity contribution in [2.24, 2.45) is 0 Å². The molecule has 0 fully saturated rings. The van der Waals surface area contributed by atoms with Gasteiger partial charge in [-0.1, -0.05) is 215 Å². The molecule has 314 valence electrons. The van der Waals surface area contributed by atoms with Crippen molar-refractivity contribution in [3.63, 3.8) is 0 Å². The average molecular weight is 775 g/mol. The molecule has 1 aliphatic rings. The number of rotatable bonds is 26. The van der Waals surface area contributed by atoms with Gasteiger partial charge in [-0.2, -0.15) is 0 Å². The van der Waals surface area contributed by atoms with E-state index in [-0.39, 0.29) is 5.41 Å². The molecular formula is C55H82O2. The van der Waals surface area contributed by atoms with Crippen LogP contribution in [0.1, 0.15) is 202 Å². The number of unbranched alkanes of at least 4 members (excludes halogenated alkanes) is 16. The molecule has 0 unspecified atom stereocenters. The Morgan fingerprint density at radius 2 is 0.737 bits per heavy atom. The first kappa shape index (κ1) is 46.4. The lowest BCUT2D eigenvalue weighted by Gasteiger charge is -2.33. The fourth-order valence-electron chi connectivity index (χ4n) is 9.16. The third kappa shape index (κ3) is 13.4. The molecule has 0 saturated heterocycles. The summed E-state index contributed by atoms with van der Waals surface area (Å²) in [6, 6.07) is 23.2. The maximum absolute atomic E-state index is 6.19. The Labute approximate surface area is 350 Å². The van der Waals surface area contributed by atoms with E-state index in [1.165, 1.54) is 173 Å². The number of aryl methyl sites for hydroxylation is 4. The second-order valence-corrected chi connectivity index (χ2v) is 17.6. The van der Waals surface area contributed by atoms with Crippen LogP contribution in [-0.4, -0.2) is 13.2 Å². The number of hydrogen-bond donors (Lipinski definition) is 0. The maximum Gasteiger partial charge on any atom is 0.130 e. The van der Waals surface area contributed by atoms with E-state index in [1.807, 2.05) is 0 Å². The van der Waals surface area contributed by atoms with Crippen molar-refractivity contribution >= 4 is 10.8 Å². The van der Waals surface area contributed by atoms with Gasteiger partial charge in [-0.25, -0.2) is 0 Å². The molecule has 0 spiro atoms. The van der Waals surface area contributed by atoms with Crippen molar-refractivity contribution in [2.45, 2.75) is 202 Å². The predicted molar refractivity (Wildman–Crippen MR) is 251 cm³/mol. The predicted octanol–water partition coefficient (Wildman–Crippen LogP) is 17.4. The third-order valence-corrected chi connectivity index (χ3v) is 12.6. The quantitative estimate of drug-likeness (QED) is 0.0592. The van der Waals surface area contributed by atoms with E-state index >= 15 is 0 Å². The molecule has 0 heterocycles. The molecule has 2 heteroatoms. The standard InChI is InChI=1S/C31H46.C24H36O2/c1-5-7-9-11-13-15-21-31(22-16-14-12-10-8-6-2)29-23-25(3)17-19-27(29)28-20-18-26(4)24-30(28)31;1-5-7-9-11-17-25-23-19(3)13-16-22-21(23)15-14-20(4)24(22)26-18-12-10-8-6-2/h17-20,23-24H,5-16,21-22H2,1-4H3;13-16H,5-12,17-18H2,1-4H3. The van der Waals surface area contributed by atoms with E-state index in [4.69, 9.17) is 9.47 Å². The van der Waals surface area contributed by atoms with Gasteiger partial charge < -0.3 is 9.47 Å². The van der Waals surface area contributed by atoms with Crippen molar-refractivity contribution in [1.82, 2.24) is 0 Å². The minimum Gasteiger partial charge on any atom is -0.493 e. The lowest BCUT2D eigenvalue weighted by Crippen LogP contribution is -2.25. The Morgan fingerprint density at radius 3 is 1.12 bits per heavy atom. The maximum atomic E-state index is 6.19. The zero-order chi connectivity index (χ0) is 40.9. The Bertz CT molecular complexity index is 1620. The zero-order valence-electron chi connectivity index (χ0n) is 38.1. The molecule has 0 atom stereocenters. The monoisotopic (exact) mass is 775 g/mol. The van der Waals surface area contributed by atoms with Crippen LogP contribution in [0.4, 0.5) is 0 Å². The molecule has 1 aliphatic carbocycles. The normalized spacial score (nSPS) is 12.6. The Kier molecular flexibility index (Phi) is 20.6. The van der Waals surface area contributed by atoms with Gasteiger partial charge in [0.2, 0.25) is 0 Å². The van der Waals surface area contributed by atoms with Crippen LogP contribution in [0.25, 0.3) is 21.9 Å². The van der Waals surface area contributed by atoms with Gasteiger partial charge in [0.05, 0.1) is 13.2 Å². The summed E-state index contributed by atoms with van der Waals surface area (Å²) in [5.41, 5.74) is 11.8. The second-order valence-electron chi connectivity index (χ2n) is 17.6. The van der Waals surface area contributed by atoms with Crippen LogP contribution < -0.4 is 9.47 Å². The van der Waals surface area contributed by atoms with Crippen molar-refractivity contribution in [2.75, 3.05) is 13.2 Å². The van der Waals surface area contributed by atoms with E-state index in [2.05, 4.69) is 116 Å². The lowest BCUT2D eigenvalue weighted by atomic mass is 9.70. The third-order valence-electron chi connectivity index (χ3n) is 12.6. The molecule has 0 radical (unpaired) electrons. The number of ether oxygens (including phenoxy) is 2. The van der Waals surface area contributed by atoms with Crippen LogP contribution in [0, 0.1) is 27.7 Å². The van der Waals surface area contributed by atoms with Crippen molar-refractivity contribution in [3.05, 3.63) is 94.0 Å². The topological polar surface area (TPSA) is 18.5 Å². The molecule has 2 nitrogen and oxygen atoms in total. The summed E-state index contributed by atoms with van der Waals surface area (Å²) in [6.45, 7) is 19.5. The largest absolute Gasteiger partial charge is 0.493 e. The fourth-order valence-corrected chi connectivity index (χ4v) is 9.16. The highest BCUT2D eigenvalue weighted by Gasteiger charge is 2.42. The van der Waals surface area contributed by atoms with Crippen molar-refractivity contribution in [1.29, 1.82) is 0 Å². The van der Waals surface area contributed by atoms with Crippen LogP contribution in [0.2, 0.25) is 0 Å². The van der Waals surface area contributed by atoms with Gasteiger partial charge in [0.1, 0.15) is 11.5 Å². The van der Waals surface area contributed by atoms with Crippen molar-refractivity contribution < 1.29 is 9.47 Å². The first-order valence-electron chi connectivity index (χ1n) is 23.8. The summed E-state index contributed by atoms with van der Waals surface area (Å²) >= 11 is 0. The van der Waals surface area contributed by atoms with Gasteiger partial charge in [-0.05, 0) is 86.8 Å². The Morgan fingerprint density at radius 1 is 0.386 bits per heavy atom. The average Bonchev–Trinajstić information content (AvgIpc) is 3.46. The van der Waals surface area contributed by atoms with Gasteiger partial charge in [0, 0.05) is 16.2 Å². The first-order valence-corrected chi connectivity index (χ1v) is 23.8. The Balaban J connectivity index is 0.000000257. The molecule has 0 amide bonds. The molecular weight excluding hydrogens is 693 g/mol. The van der Waals surface area contributed by atoms with Gasteiger partial charge in [0.25, 0.3) is 0 Å². The van der Waals surface area contributed by atoms with E-state index < -0.39 is 0 Å². The van der Waals surface area contributed by atoms with Crippen LogP contribution in [0.3, 0.4) is 0 Å². The second kappa shape index (κ2) is 25.3. The molecule has 5 rings (SSSR count). The molecule has 0 saturated carbocycles. The highest BCUT2D eigenvalue weighted by molar-refractivity contribution is 5.95. The summed E-state index contributed by atoms with van der Waals surface area (Å²) in [6.07, 6.45) is 29.0. The number of hydrogen-bond acceptors (Lipinski definition) is 2. The summed E-state index contributed by atoms with van der Waals surface area (Å²) in [5, 5.41) is 2.35. The Hall–Kier alpha value is -3.26. The summed E-state index contributed by atoms with van der Waals surface area (Å²) in [7, 11) is 0. The van der Waals surface area contributed by atoms with Gasteiger partial charge >= 0.3 is 0 Å². The minimum atomic E-state index is 0.234. The molecule has 4 aromatic rings. The lowest BCUT2D eigenvalue weighted by molar-refractivity contribution is 0.303.